The molecule has 5 heteroatoms. The number of nitrogens with two attached hydrogens (primary N) is 1. The molecule has 0 atom stereocenters. The van der Waals surface area contributed by atoms with Gasteiger partial charge in [-0.3, -0.25) is 4.68 Å². The number of halogens is 2. The molecule has 3 nitrogen and oxygen atoms in total. The van der Waals surface area contributed by atoms with Crippen molar-refractivity contribution >= 4 is 37.5 Å². The Kier molecular flexibility index (Phi) is 4.12. The Labute approximate surface area is 140 Å². The molecule has 0 amide bonds. The lowest BCUT2D eigenvalue weighted by molar-refractivity contribution is 0.689. The predicted molar refractivity (Wildman–Crippen MR) is 93.0 cm³/mol. The SMILES string of the molecule is Nc1cn(Cc2ccc(Br)cc2)nc1-c1ccccc1Br. The average molecular weight is 407 g/mol. The molecule has 0 saturated carbocycles. The molecule has 106 valence electrons. The largest absolute Gasteiger partial charge is 0.396 e. The predicted octanol–water partition coefficient (Wildman–Crippen LogP) is 4.71. The Morgan fingerprint density at radius 1 is 1.00 bits per heavy atom. The molecule has 3 aromatic rings. The summed E-state index contributed by atoms with van der Waals surface area (Å²) in [6, 6.07) is 16.1. The van der Waals surface area contributed by atoms with E-state index < -0.39 is 0 Å². The highest BCUT2D eigenvalue weighted by Gasteiger charge is 2.11. The monoisotopic (exact) mass is 405 g/mol. The number of nitrogen functional groups attached to an aromatic ring is 1. The van der Waals surface area contributed by atoms with Crippen LogP contribution < -0.4 is 5.73 Å². The number of nitrogens with zero attached hydrogens (tertiary/aromatic N) is 2. The minimum Gasteiger partial charge on any atom is -0.396 e. The number of anilines is 1. The van der Waals surface area contributed by atoms with Gasteiger partial charge in [-0.15, -0.1) is 0 Å². The maximum Gasteiger partial charge on any atom is 0.116 e. The first kappa shape index (κ1) is 14.4. The number of rotatable bonds is 3. The zero-order valence-electron chi connectivity index (χ0n) is 11.1. The van der Waals surface area contributed by atoms with E-state index in [0.717, 1.165) is 20.2 Å². The first-order valence-electron chi connectivity index (χ1n) is 6.46. The van der Waals surface area contributed by atoms with Crippen molar-refractivity contribution < 1.29 is 0 Å². The third-order valence-electron chi connectivity index (χ3n) is 3.18. The van der Waals surface area contributed by atoms with E-state index in [1.807, 2.05) is 47.3 Å². The van der Waals surface area contributed by atoms with Gasteiger partial charge in [-0.2, -0.15) is 5.10 Å². The lowest BCUT2D eigenvalue weighted by Gasteiger charge is -2.03. The van der Waals surface area contributed by atoms with Crippen molar-refractivity contribution in [3.8, 4) is 11.3 Å². The van der Waals surface area contributed by atoms with Crippen molar-refractivity contribution in [2.24, 2.45) is 0 Å². The van der Waals surface area contributed by atoms with Crippen LogP contribution in [0, 0.1) is 0 Å². The van der Waals surface area contributed by atoms with Crippen LogP contribution in [-0.2, 0) is 6.54 Å². The van der Waals surface area contributed by atoms with Crippen LogP contribution in [0.15, 0.2) is 63.7 Å². The molecule has 0 spiro atoms. The van der Waals surface area contributed by atoms with Gasteiger partial charge in [-0.05, 0) is 23.8 Å². The molecule has 0 fully saturated rings. The van der Waals surface area contributed by atoms with Crippen molar-refractivity contribution in [2.45, 2.75) is 6.54 Å². The molecule has 21 heavy (non-hydrogen) atoms. The van der Waals surface area contributed by atoms with Crippen LogP contribution >= 0.6 is 31.9 Å². The van der Waals surface area contributed by atoms with Crippen molar-refractivity contribution in [3.05, 3.63) is 69.2 Å². The third-order valence-corrected chi connectivity index (χ3v) is 4.40. The lowest BCUT2D eigenvalue weighted by atomic mass is 10.1. The fraction of sp³-hybridized carbons (Fsp3) is 0.0625. The van der Waals surface area contributed by atoms with Crippen LogP contribution in [0.1, 0.15) is 5.56 Å². The summed E-state index contributed by atoms with van der Waals surface area (Å²) in [4.78, 5) is 0. The summed E-state index contributed by atoms with van der Waals surface area (Å²) in [5, 5.41) is 4.61. The summed E-state index contributed by atoms with van der Waals surface area (Å²) in [5.41, 5.74) is 9.78. The Hall–Kier alpha value is -1.59. The quantitative estimate of drug-likeness (QED) is 0.684. The molecule has 1 heterocycles. The summed E-state index contributed by atoms with van der Waals surface area (Å²) < 4.78 is 3.93. The third kappa shape index (κ3) is 3.19. The normalized spacial score (nSPS) is 10.8. The van der Waals surface area contributed by atoms with Crippen LogP contribution in [0.3, 0.4) is 0 Å². The Morgan fingerprint density at radius 2 is 1.71 bits per heavy atom. The molecule has 0 unspecified atom stereocenters. The molecule has 0 aliphatic heterocycles. The summed E-state index contributed by atoms with van der Waals surface area (Å²) >= 11 is 6.98. The number of benzene rings is 2. The second-order valence-corrected chi connectivity index (χ2v) is 6.51. The molecule has 2 aromatic carbocycles. The molecule has 1 aromatic heterocycles. The summed E-state index contributed by atoms with van der Waals surface area (Å²) in [7, 11) is 0. The molecule has 0 radical (unpaired) electrons. The Morgan fingerprint density at radius 3 is 2.43 bits per heavy atom. The molecule has 0 aliphatic carbocycles. The van der Waals surface area contributed by atoms with Crippen LogP contribution in [0.25, 0.3) is 11.3 Å². The van der Waals surface area contributed by atoms with Gasteiger partial charge in [0.1, 0.15) is 5.69 Å². The Bertz CT molecular complexity index is 763. The van der Waals surface area contributed by atoms with E-state index in [1.54, 1.807) is 0 Å². The van der Waals surface area contributed by atoms with Crippen LogP contribution in [-0.4, -0.2) is 9.78 Å². The maximum absolute atomic E-state index is 6.11. The van der Waals surface area contributed by atoms with Crippen molar-refractivity contribution in [2.75, 3.05) is 5.73 Å². The fourth-order valence-electron chi connectivity index (χ4n) is 2.16. The summed E-state index contributed by atoms with van der Waals surface area (Å²) in [5.74, 6) is 0. The van der Waals surface area contributed by atoms with Crippen molar-refractivity contribution in [1.29, 1.82) is 0 Å². The molecule has 2 N–H and O–H groups in total. The van der Waals surface area contributed by atoms with Gasteiger partial charge in [-0.1, -0.05) is 62.2 Å². The van der Waals surface area contributed by atoms with E-state index in [-0.39, 0.29) is 0 Å². The highest BCUT2D eigenvalue weighted by atomic mass is 79.9. The van der Waals surface area contributed by atoms with Gasteiger partial charge in [0.2, 0.25) is 0 Å². The first-order chi connectivity index (χ1) is 10.1. The molecule has 0 aliphatic rings. The van der Waals surface area contributed by atoms with Gasteiger partial charge in [0.25, 0.3) is 0 Å². The van der Waals surface area contributed by atoms with Gasteiger partial charge in [0.05, 0.1) is 12.2 Å². The smallest absolute Gasteiger partial charge is 0.116 e. The minimum atomic E-state index is 0.680. The van der Waals surface area contributed by atoms with Crippen LogP contribution in [0.4, 0.5) is 5.69 Å². The fourth-order valence-corrected chi connectivity index (χ4v) is 2.89. The number of aromatic nitrogens is 2. The number of hydrogen-bond donors (Lipinski definition) is 1. The second kappa shape index (κ2) is 6.03. The zero-order chi connectivity index (χ0) is 14.8. The standard InChI is InChI=1S/C16H13Br2N3/c17-12-7-5-11(6-8-12)9-21-10-15(19)16(20-21)13-3-1-2-4-14(13)18/h1-8,10H,9,19H2. The maximum atomic E-state index is 6.11. The molecular weight excluding hydrogens is 394 g/mol. The molecule has 3 rings (SSSR count). The molecule has 0 bridgehead atoms. The van der Waals surface area contributed by atoms with Crippen LogP contribution in [0.2, 0.25) is 0 Å². The van der Waals surface area contributed by atoms with Crippen molar-refractivity contribution in [1.82, 2.24) is 9.78 Å². The first-order valence-corrected chi connectivity index (χ1v) is 8.04. The highest BCUT2D eigenvalue weighted by molar-refractivity contribution is 9.10. The highest BCUT2D eigenvalue weighted by Crippen LogP contribution is 2.30. The minimum absolute atomic E-state index is 0.680. The van der Waals surface area contributed by atoms with E-state index in [4.69, 9.17) is 5.73 Å². The van der Waals surface area contributed by atoms with E-state index >= 15 is 0 Å². The van der Waals surface area contributed by atoms with Crippen LogP contribution in [0.5, 0.6) is 0 Å². The van der Waals surface area contributed by atoms with Gasteiger partial charge in [-0.25, -0.2) is 0 Å². The van der Waals surface area contributed by atoms with Gasteiger partial charge in [0.15, 0.2) is 0 Å². The summed E-state index contributed by atoms with van der Waals surface area (Å²) in [6.45, 7) is 0.696. The topological polar surface area (TPSA) is 43.8 Å². The van der Waals surface area contributed by atoms with Gasteiger partial charge < -0.3 is 5.73 Å². The average Bonchev–Trinajstić information content (AvgIpc) is 2.83. The Balaban J connectivity index is 1.91. The molecule has 0 saturated heterocycles. The molecular formula is C16H13Br2N3. The lowest BCUT2D eigenvalue weighted by Crippen LogP contribution is -2.00. The second-order valence-electron chi connectivity index (χ2n) is 4.74. The zero-order valence-corrected chi connectivity index (χ0v) is 14.3. The van der Waals surface area contributed by atoms with Gasteiger partial charge >= 0.3 is 0 Å². The van der Waals surface area contributed by atoms with E-state index in [2.05, 4.69) is 49.1 Å². The van der Waals surface area contributed by atoms with Gasteiger partial charge in [0, 0.05) is 20.7 Å². The number of hydrogen-bond acceptors (Lipinski definition) is 2. The van der Waals surface area contributed by atoms with Crippen molar-refractivity contribution in [3.63, 3.8) is 0 Å². The van der Waals surface area contributed by atoms with E-state index in [0.29, 0.717) is 12.2 Å². The van der Waals surface area contributed by atoms with E-state index in [9.17, 15) is 0 Å². The summed E-state index contributed by atoms with van der Waals surface area (Å²) in [6.07, 6.45) is 1.87. The van der Waals surface area contributed by atoms with E-state index in [1.165, 1.54) is 5.56 Å².